The molecule has 0 fully saturated rings. The fraction of sp³-hybridized carbons (Fsp3) is 0.138. The molecule has 0 aliphatic rings. The summed E-state index contributed by atoms with van der Waals surface area (Å²) in [6.07, 6.45) is 7.93. The van der Waals surface area contributed by atoms with Crippen molar-refractivity contribution < 1.29 is 14.3 Å². The van der Waals surface area contributed by atoms with Crippen molar-refractivity contribution >= 4 is 40.7 Å². The van der Waals surface area contributed by atoms with Crippen LogP contribution in [0.2, 0.25) is 4.34 Å². The second-order valence-corrected chi connectivity index (χ2v) is 10.5. The van der Waals surface area contributed by atoms with Crippen LogP contribution in [0.3, 0.4) is 0 Å². The van der Waals surface area contributed by atoms with Gasteiger partial charge >= 0.3 is 0 Å². The Bertz CT molecular complexity index is 1780. The van der Waals surface area contributed by atoms with E-state index >= 15 is 0 Å². The van der Waals surface area contributed by atoms with Crippen molar-refractivity contribution in [1.82, 2.24) is 24.3 Å². The fourth-order valence-electron chi connectivity index (χ4n) is 4.32. The third kappa shape index (κ3) is 5.63. The monoisotopic (exact) mass is 588 g/mol. The van der Waals surface area contributed by atoms with E-state index in [4.69, 9.17) is 21.1 Å². The second kappa shape index (κ2) is 12.2. The highest BCUT2D eigenvalue weighted by molar-refractivity contribution is 7.16. The summed E-state index contributed by atoms with van der Waals surface area (Å²) >= 11 is 7.53. The predicted octanol–water partition coefficient (Wildman–Crippen LogP) is 5.23. The summed E-state index contributed by atoms with van der Waals surface area (Å²) in [5.74, 6) is 0.382. The molecule has 0 saturated heterocycles. The lowest BCUT2D eigenvalue weighted by atomic mass is 10.1. The van der Waals surface area contributed by atoms with Crippen molar-refractivity contribution in [3.8, 4) is 22.8 Å². The Morgan fingerprint density at radius 2 is 1.98 bits per heavy atom. The van der Waals surface area contributed by atoms with Gasteiger partial charge in [-0.3, -0.25) is 19.6 Å². The molecule has 5 aromatic rings. The van der Waals surface area contributed by atoms with Crippen LogP contribution in [0.5, 0.6) is 11.5 Å². The number of carbonyl (C=O) groups is 1. The van der Waals surface area contributed by atoms with Crippen LogP contribution in [0.1, 0.15) is 26.5 Å². The summed E-state index contributed by atoms with van der Waals surface area (Å²) in [6, 6.07) is 12.3. The highest BCUT2D eigenvalue weighted by Crippen LogP contribution is 2.38. The molecule has 0 aliphatic carbocycles. The van der Waals surface area contributed by atoms with E-state index in [1.54, 1.807) is 67.3 Å². The number of anilines is 1. The number of rotatable bonds is 10. The molecular weight excluding hydrogens is 564 g/mol. The highest BCUT2D eigenvalue weighted by Gasteiger charge is 2.29. The average Bonchev–Trinajstić information content (AvgIpc) is 3.59. The smallest absolute Gasteiger partial charge is 0.283 e. The van der Waals surface area contributed by atoms with Crippen LogP contribution in [0.25, 0.3) is 17.3 Å². The Balaban J connectivity index is 1.69. The third-order valence-electron chi connectivity index (χ3n) is 6.24. The SMILES string of the molecule is C=Cc1ccn(Cc2cnccn2)c(=O)c1-c1nn(C(=O)c2ccccc2OC)c(NCc2ccc(Cl)s2)c1OC. The summed E-state index contributed by atoms with van der Waals surface area (Å²) in [5, 5.41) is 7.92. The van der Waals surface area contributed by atoms with Crippen molar-refractivity contribution in [3.05, 3.63) is 110 Å². The van der Waals surface area contributed by atoms with Crippen LogP contribution >= 0.6 is 22.9 Å². The van der Waals surface area contributed by atoms with Gasteiger partial charge in [0, 0.05) is 23.5 Å². The van der Waals surface area contributed by atoms with E-state index < -0.39 is 5.91 Å². The minimum atomic E-state index is -0.477. The van der Waals surface area contributed by atoms with Crippen LogP contribution in [-0.4, -0.2) is 44.4 Å². The maximum absolute atomic E-state index is 13.9. The van der Waals surface area contributed by atoms with Gasteiger partial charge in [-0.2, -0.15) is 9.78 Å². The number of pyridine rings is 1. The number of nitrogens with one attached hydrogen (secondary N) is 1. The molecule has 41 heavy (non-hydrogen) atoms. The minimum Gasteiger partial charge on any atom is -0.496 e. The summed E-state index contributed by atoms with van der Waals surface area (Å²) < 4.78 is 14.6. The zero-order chi connectivity index (χ0) is 28.9. The lowest BCUT2D eigenvalue weighted by molar-refractivity contribution is 0.0944. The molecule has 208 valence electrons. The molecule has 4 heterocycles. The summed E-state index contributed by atoms with van der Waals surface area (Å²) in [6.45, 7) is 4.40. The lowest BCUT2D eigenvalue weighted by Crippen LogP contribution is -2.23. The third-order valence-corrected chi connectivity index (χ3v) is 7.47. The molecule has 0 radical (unpaired) electrons. The molecule has 0 unspecified atom stereocenters. The van der Waals surface area contributed by atoms with Gasteiger partial charge in [-0.1, -0.05) is 36.4 Å². The normalized spacial score (nSPS) is 10.8. The fourth-order valence-corrected chi connectivity index (χ4v) is 5.35. The summed E-state index contributed by atoms with van der Waals surface area (Å²) in [7, 11) is 2.95. The highest BCUT2D eigenvalue weighted by atomic mass is 35.5. The topological polar surface area (TPSA) is 113 Å². The van der Waals surface area contributed by atoms with Gasteiger partial charge in [-0.15, -0.1) is 11.3 Å². The summed E-state index contributed by atoms with van der Waals surface area (Å²) in [5.41, 5.74) is 1.44. The first-order chi connectivity index (χ1) is 19.9. The number of ether oxygens (including phenoxy) is 2. The largest absolute Gasteiger partial charge is 0.496 e. The Morgan fingerprint density at radius 1 is 1.15 bits per heavy atom. The van der Waals surface area contributed by atoms with Crippen molar-refractivity contribution in [1.29, 1.82) is 0 Å². The van der Waals surface area contributed by atoms with Crippen LogP contribution in [0.15, 0.2) is 78.6 Å². The van der Waals surface area contributed by atoms with Gasteiger partial charge in [0.05, 0.1) is 54.7 Å². The van der Waals surface area contributed by atoms with Crippen LogP contribution in [-0.2, 0) is 13.1 Å². The number of halogens is 1. The maximum Gasteiger partial charge on any atom is 0.283 e. The number of para-hydroxylation sites is 1. The molecule has 1 N–H and O–H groups in total. The number of thiophene rings is 1. The number of hydrogen-bond donors (Lipinski definition) is 1. The Kier molecular flexibility index (Phi) is 8.27. The van der Waals surface area contributed by atoms with E-state index in [0.29, 0.717) is 27.9 Å². The maximum atomic E-state index is 13.9. The zero-order valence-electron chi connectivity index (χ0n) is 22.2. The molecule has 0 bridgehead atoms. The molecule has 10 nitrogen and oxygen atoms in total. The van der Waals surface area contributed by atoms with Gasteiger partial charge in [0.1, 0.15) is 11.4 Å². The standard InChI is InChI=1S/C29H25ClN6O4S/c1-4-18-11-14-35(17-19-15-31-12-13-32-19)29(38)24(18)25-26(40-3)27(33-16-20-9-10-23(30)41-20)36(34-25)28(37)21-7-5-6-8-22(21)39-2/h4-15,33H,1,16-17H2,2-3H3. The van der Waals surface area contributed by atoms with Gasteiger partial charge in [0.25, 0.3) is 11.5 Å². The van der Waals surface area contributed by atoms with E-state index in [-0.39, 0.29) is 40.5 Å². The summed E-state index contributed by atoms with van der Waals surface area (Å²) in [4.78, 5) is 37.1. The molecule has 5 rings (SSSR count). The first kappa shape index (κ1) is 27.8. The molecule has 0 saturated carbocycles. The number of carbonyl (C=O) groups excluding carboxylic acids is 1. The number of aromatic nitrogens is 5. The van der Waals surface area contributed by atoms with E-state index in [2.05, 4.69) is 27.0 Å². The second-order valence-electron chi connectivity index (χ2n) is 8.69. The Hall–Kier alpha value is -4.74. The van der Waals surface area contributed by atoms with Crippen molar-refractivity contribution in [2.45, 2.75) is 13.1 Å². The van der Waals surface area contributed by atoms with Gasteiger partial charge in [0.2, 0.25) is 0 Å². The predicted molar refractivity (Wildman–Crippen MR) is 159 cm³/mol. The van der Waals surface area contributed by atoms with Crippen LogP contribution in [0, 0.1) is 0 Å². The zero-order valence-corrected chi connectivity index (χ0v) is 23.8. The molecule has 0 atom stereocenters. The Morgan fingerprint density at radius 3 is 2.66 bits per heavy atom. The van der Waals surface area contributed by atoms with Crippen molar-refractivity contribution in [3.63, 3.8) is 0 Å². The molecule has 1 aromatic carbocycles. The molecule has 0 spiro atoms. The number of nitrogens with zero attached hydrogens (tertiary/aromatic N) is 5. The van der Waals surface area contributed by atoms with Crippen LogP contribution < -0.4 is 20.3 Å². The minimum absolute atomic E-state index is 0.177. The number of benzene rings is 1. The van der Waals surface area contributed by atoms with Gasteiger partial charge in [-0.05, 0) is 35.9 Å². The molecule has 4 aromatic heterocycles. The van der Waals surface area contributed by atoms with Gasteiger partial charge < -0.3 is 19.4 Å². The molecule has 0 amide bonds. The molecule has 0 aliphatic heterocycles. The van der Waals surface area contributed by atoms with Crippen molar-refractivity contribution in [2.24, 2.45) is 0 Å². The molecule has 12 heteroatoms. The Labute approximate surface area is 244 Å². The van der Waals surface area contributed by atoms with Crippen molar-refractivity contribution in [2.75, 3.05) is 19.5 Å². The quantitative estimate of drug-likeness (QED) is 0.236. The van der Waals surface area contributed by atoms with E-state index in [0.717, 1.165) is 4.88 Å². The first-order valence-corrected chi connectivity index (χ1v) is 13.6. The first-order valence-electron chi connectivity index (χ1n) is 12.4. The van der Waals surface area contributed by atoms with Gasteiger partial charge in [-0.25, -0.2) is 0 Å². The average molecular weight is 589 g/mol. The number of methoxy groups -OCH3 is 2. The molecular formula is C29H25ClN6O4S. The number of hydrogen-bond acceptors (Lipinski definition) is 9. The van der Waals surface area contributed by atoms with E-state index in [1.807, 2.05) is 6.07 Å². The van der Waals surface area contributed by atoms with E-state index in [9.17, 15) is 9.59 Å². The lowest BCUT2D eigenvalue weighted by Gasteiger charge is -2.12. The van der Waals surface area contributed by atoms with Gasteiger partial charge in [0.15, 0.2) is 11.6 Å². The van der Waals surface area contributed by atoms with Crippen LogP contribution in [0.4, 0.5) is 5.82 Å². The van der Waals surface area contributed by atoms with E-state index in [1.165, 1.54) is 34.8 Å².